The van der Waals surface area contributed by atoms with E-state index in [1.165, 1.54) is 17.4 Å². The summed E-state index contributed by atoms with van der Waals surface area (Å²) in [6.45, 7) is 8.01. The summed E-state index contributed by atoms with van der Waals surface area (Å²) >= 11 is 1.54. The van der Waals surface area contributed by atoms with Gasteiger partial charge in [-0.1, -0.05) is 12.1 Å². The number of rotatable bonds is 2. The Morgan fingerprint density at radius 1 is 1.28 bits per heavy atom. The van der Waals surface area contributed by atoms with E-state index in [4.69, 9.17) is 0 Å². The molecule has 1 N–H and O–H groups in total. The number of thiazole rings is 1. The molecular formula is C14H17FN2S. The van der Waals surface area contributed by atoms with Gasteiger partial charge in [-0.3, -0.25) is 0 Å². The first kappa shape index (κ1) is 13.0. The molecule has 0 aliphatic carbocycles. The third-order valence-corrected chi connectivity index (χ3v) is 3.21. The molecule has 4 heteroatoms. The number of hydrogen-bond donors (Lipinski definition) is 1. The van der Waals surface area contributed by atoms with Gasteiger partial charge in [0.25, 0.3) is 0 Å². The van der Waals surface area contributed by atoms with E-state index in [0.717, 1.165) is 16.4 Å². The van der Waals surface area contributed by atoms with Gasteiger partial charge in [-0.25, -0.2) is 9.37 Å². The van der Waals surface area contributed by atoms with Gasteiger partial charge in [0.1, 0.15) is 5.82 Å². The standard InChI is InChI=1S/C14H17FN2S/c1-9-5-6-10(7-11(9)15)12-8-18-13(16-12)17-14(2,3)4/h5-8H,1-4H3,(H,16,17). The fraction of sp³-hybridized carbons (Fsp3) is 0.357. The summed E-state index contributed by atoms with van der Waals surface area (Å²) in [6, 6.07) is 5.21. The number of halogens is 1. The molecule has 2 nitrogen and oxygen atoms in total. The number of aryl methyl sites for hydroxylation is 1. The van der Waals surface area contributed by atoms with Crippen LogP contribution in [0.5, 0.6) is 0 Å². The highest BCUT2D eigenvalue weighted by atomic mass is 32.1. The molecule has 1 heterocycles. The van der Waals surface area contributed by atoms with Crippen LogP contribution in [0.3, 0.4) is 0 Å². The molecule has 0 unspecified atom stereocenters. The molecule has 2 rings (SSSR count). The maximum Gasteiger partial charge on any atom is 0.183 e. The zero-order valence-electron chi connectivity index (χ0n) is 11.0. The molecule has 0 radical (unpaired) electrons. The highest BCUT2D eigenvalue weighted by Crippen LogP contribution is 2.27. The van der Waals surface area contributed by atoms with E-state index in [9.17, 15) is 4.39 Å². The van der Waals surface area contributed by atoms with Crippen LogP contribution < -0.4 is 5.32 Å². The van der Waals surface area contributed by atoms with E-state index in [1.54, 1.807) is 13.0 Å². The van der Waals surface area contributed by atoms with Crippen molar-refractivity contribution in [1.82, 2.24) is 4.98 Å². The molecule has 0 aliphatic heterocycles. The molecule has 1 aromatic carbocycles. The van der Waals surface area contributed by atoms with Crippen molar-refractivity contribution in [2.45, 2.75) is 33.2 Å². The van der Waals surface area contributed by atoms with E-state index < -0.39 is 0 Å². The minimum atomic E-state index is -0.189. The zero-order valence-corrected chi connectivity index (χ0v) is 11.9. The van der Waals surface area contributed by atoms with Crippen LogP contribution in [-0.4, -0.2) is 10.5 Å². The Labute approximate surface area is 111 Å². The smallest absolute Gasteiger partial charge is 0.183 e. The zero-order chi connectivity index (χ0) is 13.3. The van der Waals surface area contributed by atoms with Crippen molar-refractivity contribution in [2.75, 3.05) is 5.32 Å². The SMILES string of the molecule is Cc1ccc(-c2csc(NC(C)(C)C)n2)cc1F. The average Bonchev–Trinajstić information content (AvgIpc) is 2.68. The van der Waals surface area contributed by atoms with Gasteiger partial charge in [-0.2, -0.15) is 0 Å². The van der Waals surface area contributed by atoms with Gasteiger partial charge in [0.05, 0.1) is 5.69 Å². The Hall–Kier alpha value is -1.42. The van der Waals surface area contributed by atoms with Crippen LogP contribution in [-0.2, 0) is 0 Å². The van der Waals surface area contributed by atoms with E-state index in [-0.39, 0.29) is 11.4 Å². The molecule has 0 fully saturated rings. The number of aromatic nitrogens is 1. The van der Waals surface area contributed by atoms with E-state index in [0.29, 0.717) is 5.56 Å². The molecule has 0 amide bonds. The fourth-order valence-corrected chi connectivity index (χ4v) is 2.46. The van der Waals surface area contributed by atoms with Crippen molar-refractivity contribution < 1.29 is 4.39 Å². The quantitative estimate of drug-likeness (QED) is 0.865. The van der Waals surface area contributed by atoms with E-state index >= 15 is 0 Å². The van der Waals surface area contributed by atoms with Gasteiger partial charge in [-0.15, -0.1) is 11.3 Å². The molecule has 2 aromatic rings. The Balaban J connectivity index is 2.26. The Morgan fingerprint density at radius 2 is 2.00 bits per heavy atom. The summed E-state index contributed by atoms with van der Waals surface area (Å²) in [6.07, 6.45) is 0. The van der Waals surface area contributed by atoms with Crippen LogP contribution in [0.4, 0.5) is 9.52 Å². The summed E-state index contributed by atoms with van der Waals surface area (Å²) in [5, 5.41) is 6.11. The van der Waals surface area contributed by atoms with Gasteiger partial charge in [0.2, 0.25) is 0 Å². The van der Waals surface area contributed by atoms with Crippen LogP contribution >= 0.6 is 11.3 Å². The highest BCUT2D eigenvalue weighted by Gasteiger charge is 2.13. The lowest BCUT2D eigenvalue weighted by Crippen LogP contribution is -2.25. The second-order valence-electron chi connectivity index (χ2n) is 5.38. The lowest BCUT2D eigenvalue weighted by Gasteiger charge is -2.19. The normalized spacial score (nSPS) is 11.6. The van der Waals surface area contributed by atoms with Crippen LogP contribution in [0.2, 0.25) is 0 Å². The van der Waals surface area contributed by atoms with E-state index in [2.05, 4.69) is 31.1 Å². The number of hydrogen-bond acceptors (Lipinski definition) is 3. The molecule has 18 heavy (non-hydrogen) atoms. The molecule has 0 saturated heterocycles. The molecule has 1 aromatic heterocycles. The predicted octanol–water partition coefficient (Wildman–Crippen LogP) is 4.47. The monoisotopic (exact) mass is 264 g/mol. The molecule has 0 bridgehead atoms. The lowest BCUT2D eigenvalue weighted by molar-refractivity contribution is 0.619. The van der Waals surface area contributed by atoms with Crippen molar-refractivity contribution >= 4 is 16.5 Å². The Morgan fingerprint density at radius 3 is 2.61 bits per heavy atom. The first-order valence-corrected chi connectivity index (χ1v) is 6.73. The van der Waals surface area contributed by atoms with E-state index in [1.807, 2.05) is 11.4 Å². The van der Waals surface area contributed by atoms with Gasteiger partial charge in [0, 0.05) is 16.5 Å². The third kappa shape index (κ3) is 3.07. The highest BCUT2D eigenvalue weighted by molar-refractivity contribution is 7.14. The maximum absolute atomic E-state index is 13.5. The number of nitrogens with one attached hydrogen (secondary N) is 1. The fourth-order valence-electron chi connectivity index (χ4n) is 1.54. The minimum absolute atomic E-state index is 0.0202. The molecular weight excluding hydrogens is 247 g/mol. The Bertz CT molecular complexity index is 555. The largest absolute Gasteiger partial charge is 0.357 e. The van der Waals surface area contributed by atoms with Gasteiger partial charge in [-0.05, 0) is 39.3 Å². The molecule has 0 saturated carbocycles. The van der Waals surface area contributed by atoms with Gasteiger partial charge >= 0.3 is 0 Å². The van der Waals surface area contributed by atoms with Crippen molar-refractivity contribution in [3.63, 3.8) is 0 Å². The predicted molar refractivity (Wildman–Crippen MR) is 75.6 cm³/mol. The molecule has 0 spiro atoms. The van der Waals surface area contributed by atoms with Crippen LogP contribution in [0.15, 0.2) is 23.6 Å². The van der Waals surface area contributed by atoms with Crippen LogP contribution in [0, 0.1) is 12.7 Å². The number of benzene rings is 1. The van der Waals surface area contributed by atoms with Crippen LogP contribution in [0.25, 0.3) is 11.3 Å². The van der Waals surface area contributed by atoms with Crippen molar-refractivity contribution in [3.05, 3.63) is 35.0 Å². The lowest BCUT2D eigenvalue weighted by atomic mass is 10.1. The van der Waals surface area contributed by atoms with Gasteiger partial charge in [0.15, 0.2) is 5.13 Å². The summed E-state index contributed by atoms with van der Waals surface area (Å²) in [5.74, 6) is -0.189. The maximum atomic E-state index is 13.5. The molecule has 0 aliphatic rings. The first-order chi connectivity index (χ1) is 8.35. The topological polar surface area (TPSA) is 24.9 Å². The summed E-state index contributed by atoms with van der Waals surface area (Å²) < 4.78 is 13.5. The van der Waals surface area contributed by atoms with Crippen LogP contribution in [0.1, 0.15) is 26.3 Å². The van der Waals surface area contributed by atoms with Crippen molar-refractivity contribution in [2.24, 2.45) is 0 Å². The summed E-state index contributed by atoms with van der Waals surface area (Å²) in [7, 11) is 0. The molecule has 0 atom stereocenters. The average molecular weight is 264 g/mol. The number of anilines is 1. The second kappa shape index (κ2) is 4.69. The van der Waals surface area contributed by atoms with Gasteiger partial charge < -0.3 is 5.32 Å². The summed E-state index contributed by atoms with van der Waals surface area (Å²) in [4.78, 5) is 4.48. The van der Waals surface area contributed by atoms with Crippen molar-refractivity contribution in [1.29, 1.82) is 0 Å². The number of nitrogens with zero attached hydrogens (tertiary/aromatic N) is 1. The Kier molecular flexibility index (Phi) is 3.39. The summed E-state index contributed by atoms with van der Waals surface area (Å²) in [5.41, 5.74) is 2.26. The molecule has 96 valence electrons. The third-order valence-electron chi connectivity index (χ3n) is 2.45. The second-order valence-corrected chi connectivity index (χ2v) is 6.23. The first-order valence-electron chi connectivity index (χ1n) is 5.85. The van der Waals surface area contributed by atoms with Crippen molar-refractivity contribution in [3.8, 4) is 11.3 Å². The minimum Gasteiger partial charge on any atom is -0.357 e.